The van der Waals surface area contributed by atoms with Gasteiger partial charge in [-0.3, -0.25) is 4.79 Å². The largest absolute Gasteiger partial charge is 0.399 e. The van der Waals surface area contributed by atoms with Crippen molar-refractivity contribution in [1.29, 1.82) is 0 Å². The lowest BCUT2D eigenvalue weighted by molar-refractivity contribution is -0.119. The number of carbonyl (C=O) groups excluding carboxylic acids is 1. The summed E-state index contributed by atoms with van der Waals surface area (Å²) in [5.74, 6) is -0.252. The van der Waals surface area contributed by atoms with Gasteiger partial charge >= 0.3 is 0 Å². The van der Waals surface area contributed by atoms with Crippen LogP contribution in [-0.4, -0.2) is 17.7 Å². The zero-order chi connectivity index (χ0) is 12.8. The quantitative estimate of drug-likeness (QED) is 0.628. The van der Waals surface area contributed by atoms with Crippen LogP contribution in [0.25, 0.3) is 0 Å². The van der Waals surface area contributed by atoms with Gasteiger partial charge in [0.1, 0.15) is 5.82 Å². The third-order valence-electron chi connectivity index (χ3n) is 2.33. The lowest BCUT2D eigenvalue weighted by Gasteiger charge is -2.11. The number of nitrogens with two attached hydrogens (primary N) is 1. The molecule has 1 aromatic carbocycles. The molecule has 94 valence electrons. The van der Waals surface area contributed by atoms with E-state index in [4.69, 9.17) is 5.73 Å². The summed E-state index contributed by atoms with van der Waals surface area (Å²) in [6.45, 7) is 3.93. The Hall–Kier alpha value is -1.23. The summed E-state index contributed by atoms with van der Waals surface area (Å²) in [6.07, 6.45) is 0.882. The molecule has 5 heteroatoms. The van der Waals surface area contributed by atoms with Crippen molar-refractivity contribution >= 4 is 23.4 Å². The number of nitrogen functional groups attached to an aromatic ring is 1. The van der Waals surface area contributed by atoms with Gasteiger partial charge in [-0.05, 0) is 31.5 Å². The van der Waals surface area contributed by atoms with Crippen LogP contribution < -0.4 is 11.1 Å². The molecule has 0 aromatic heterocycles. The molecule has 0 saturated carbocycles. The number of benzene rings is 1. The molecule has 1 atom stereocenters. The molecule has 1 aromatic rings. The summed E-state index contributed by atoms with van der Waals surface area (Å²) < 4.78 is 13.4. The van der Waals surface area contributed by atoms with Crippen LogP contribution in [-0.2, 0) is 4.79 Å². The molecule has 0 saturated heterocycles. The average Bonchev–Trinajstić information content (AvgIpc) is 2.27. The van der Waals surface area contributed by atoms with Crippen LogP contribution in [0.4, 0.5) is 10.1 Å². The van der Waals surface area contributed by atoms with Crippen LogP contribution in [0.3, 0.4) is 0 Å². The summed E-state index contributed by atoms with van der Waals surface area (Å²) in [7, 11) is 0. The second kappa shape index (κ2) is 6.49. The van der Waals surface area contributed by atoms with Crippen LogP contribution >= 0.6 is 11.8 Å². The first-order valence-electron chi connectivity index (χ1n) is 5.50. The van der Waals surface area contributed by atoms with Crippen molar-refractivity contribution in [2.45, 2.75) is 31.2 Å². The molecule has 1 amide bonds. The molecule has 1 unspecified atom stereocenters. The SMILES string of the molecule is CCC(C)NC(=O)CSc1ccc(N)cc1F. The fourth-order valence-corrected chi connectivity index (χ4v) is 1.93. The Labute approximate surface area is 105 Å². The maximum atomic E-state index is 13.4. The Kier molecular flexibility index (Phi) is 5.28. The van der Waals surface area contributed by atoms with E-state index in [2.05, 4.69) is 5.32 Å². The van der Waals surface area contributed by atoms with Crippen molar-refractivity contribution in [3.8, 4) is 0 Å². The normalized spacial score (nSPS) is 12.2. The highest BCUT2D eigenvalue weighted by Gasteiger charge is 2.08. The molecule has 17 heavy (non-hydrogen) atoms. The minimum atomic E-state index is -0.383. The third-order valence-corrected chi connectivity index (χ3v) is 3.38. The van der Waals surface area contributed by atoms with E-state index < -0.39 is 0 Å². The van der Waals surface area contributed by atoms with E-state index in [1.165, 1.54) is 17.8 Å². The smallest absolute Gasteiger partial charge is 0.230 e. The van der Waals surface area contributed by atoms with Crippen molar-refractivity contribution in [3.05, 3.63) is 24.0 Å². The number of halogens is 1. The molecule has 3 nitrogen and oxygen atoms in total. The van der Waals surface area contributed by atoms with Crippen molar-refractivity contribution < 1.29 is 9.18 Å². The van der Waals surface area contributed by atoms with Crippen molar-refractivity contribution in [2.75, 3.05) is 11.5 Å². The van der Waals surface area contributed by atoms with E-state index >= 15 is 0 Å². The number of hydrogen-bond donors (Lipinski definition) is 2. The maximum absolute atomic E-state index is 13.4. The van der Waals surface area contributed by atoms with Gasteiger partial charge in [0, 0.05) is 16.6 Å². The number of carbonyl (C=O) groups is 1. The van der Waals surface area contributed by atoms with Gasteiger partial charge in [-0.2, -0.15) is 0 Å². The number of thioether (sulfide) groups is 1. The zero-order valence-corrected chi connectivity index (χ0v) is 10.8. The fourth-order valence-electron chi connectivity index (χ4n) is 1.20. The molecule has 0 radical (unpaired) electrons. The topological polar surface area (TPSA) is 55.1 Å². The minimum absolute atomic E-state index is 0.0828. The van der Waals surface area contributed by atoms with Crippen LogP contribution in [0.2, 0.25) is 0 Å². The molecule has 0 spiro atoms. The number of amides is 1. The van der Waals surface area contributed by atoms with Crippen molar-refractivity contribution in [2.24, 2.45) is 0 Å². The molecule has 0 aliphatic carbocycles. The highest BCUT2D eigenvalue weighted by atomic mass is 32.2. The first-order chi connectivity index (χ1) is 8.02. The lowest BCUT2D eigenvalue weighted by Crippen LogP contribution is -2.33. The van der Waals surface area contributed by atoms with Gasteiger partial charge in [-0.15, -0.1) is 11.8 Å². The standard InChI is InChI=1S/C12H17FN2OS/c1-3-8(2)15-12(16)7-17-11-5-4-9(14)6-10(11)13/h4-6,8H,3,7,14H2,1-2H3,(H,15,16). The second-order valence-electron chi connectivity index (χ2n) is 3.86. The van der Waals surface area contributed by atoms with Gasteiger partial charge in [0.15, 0.2) is 0 Å². The summed E-state index contributed by atoms with van der Waals surface area (Å²) in [4.78, 5) is 11.9. The highest BCUT2D eigenvalue weighted by Crippen LogP contribution is 2.23. The Morgan fingerprint density at radius 2 is 2.29 bits per heavy atom. The van der Waals surface area contributed by atoms with Crippen molar-refractivity contribution in [3.63, 3.8) is 0 Å². The average molecular weight is 256 g/mol. The third kappa shape index (κ3) is 4.65. The molecule has 0 fully saturated rings. The highest BCUT2D eigenvalue weighted by molar-refractivity contribution is 8.00. The Morgan fingerprint density at radius 3 is 2.88 bits per heavy atom. The van der Waals surface area contributed by atoms with E-state index in [1.54, 1.807) is 12.1 Å². The molecule has 0 aliphatic heterocycles. The second-order valence-corrected chi connectivity index (χ2v) is 4.87. The van der Waals surface area contributed by atoms with E-state index in [0.29, 0.717) is 10.6 Å². The molecule has 0 bridgehead atoms. The molecule has 3 N–H and O–H groups in total. The van der Waals surface area contributed by atoms with Gasteiger partial charge in [0.2, 0.25) is 5.91 Å². The van der Waals surface area contributed by atoms with E-state index in [9.17, 15) is 9.18 Å². The van der Waals surface area contributed by atoms with E-state index in [0.717, 1.165) is 6.42 Å². The Morgan fingerprint density at radius 1 is 1.59 bits per heavy atom. The van der Waals surface area contributed by atoms with Gasteiger partial charge in [-0.25, -0.2) is 4.39 Å². The fraction of sp³-hybridized carbons (Fsp3) is 0.417. The molecular formula is C12H17FN2OS. The van der Waals surface area contributed by atoms with E-state index in [-0.39, 0.29) is 23.5 Å². The Bertz CT molecular complexity index is 398. The van der Waals surface area contributed by atoms with Gasteiger partial charge in [-0.1, -0.05) is 6.92 Å². The maximum Gasteiger partial charge on any atom is 0.230 e. The predicted octanol–water partition coefficient (Wildman–Crippen LogP) is 2.41. The molecule has 0 heterocycles. The Balaban J connectivity index is 2.47. The monoisotopic (exact) mass is 256 g/mol. The van der Waals surface area contributed by atoms with Gasteiger partial charge < -0.3 is 11.1 Å². The predicted molar refractivity (Wildman–Crippen MR) is 69.4 cm³/mol. The van der Waals surface area contributed by atoms with Gasteiger partial charge in [0.05, 0.1) is 5.75 Å². The van der Waals surface area contributed by atoms with E-state index in [1.807, 2.05) is 13.8 Å². The molecular weight excluding hydrogens is 239 g/mol. The van der Waals surface area contributed by atoms with Crippen LogP contribution in [0, 0.1) is 5.82 Å². The van der Waals surface area contributed by atoms with Crippen molar-refractivity contribution in [1.82, 2.24) is 5.32 Å². The number of anilines is 1. The molecule has 1 rings (SSSR count). The van der Waals surface area contributed by atoms with Crippen LogP contribution in [0.15, 0.2) is 23.1 Å². The summed E-state index contributed by atoms with van der Waals surface area (Å²) >= 11 is 1.17. The van der Waals surface area contributed by atoms with Crippen LogP contribution in [0.1, 0.15) is 20.3 Å². The molecule has 0 aliphatic rings. The number of nitrogens with one attached hydrogen (secondary N) is 1. The van der Waals surface area contributed by atoms with Gasteiger partial charge in [0.25, 0.3) is 0 Å². The summed E-state index contributed by atoms with van der Waals surface area (Å²) in [6, 6.07) is 4.62. The first kappa shape index (κ1) is 13.8. The zero-order valence-electron chi connectivity index (χ0n) is 10.00. The lowest BCUT2D eigenvalue weighted by atomic mass is 10.3. The first-order valence-corrected chi connectivity index (χ1v) is 6.48. The minimum Gasteiger partial charge on any atom is -0.399 e. The number of rotatable bonds is 5. The summed E-state index contributed by atoms with van der Waals surface area (Å²) in [5.41, 5.74) is 5.82. The summed E-state index contributed by atoms with van der Waals surface area (Å²) in [5, 5.41) is 2.82. The van der Waals surface area contributed by atoms with Crippen LogP contribution in [0.5, 0.6) is 0 Å². The number of hydrogen-bond acceptors (Lipinski definition) is 3.